The van der Waals surface area contributed by atoms with Gasteiger partial charge in [-0.1, -0.05) is 12.1 Å². The van der Waals surface area contributed by atoms with Gasteiger partial charge in [0.25, 0.3) is 5.91 Å². The normalized spacial score (nSPS) is 10.4. The second-order valence-electron chi connectivity index (χ2n) is 5.47. The van der Waals surface area contributed by atoms with Gasteiger partial charge in [0.05, 0.1) is 14.2 Å². The van der Waals surface area contributed by atoms with Crippen LogP contribution in [0.4, 0.5) is 0 Å². The Morgan fingerprint density at radius 3 is 2.54 bits per heavy atom. The second kappa shape index (κ2) is 8.15. The third-order valence-corrected chi connectivity index (χ3v) is 3.74. The highest BCUT2D eigenvalue weighted by Gasteiger charge is 2.11. The molecule has 0 fully saturated rings. The van der Waals surface area contributed by atoms with Crippen LogP contribution in [0.5, 0.6) is 11.5 Å². The number of hydrogen-bond donors (Lipinski definition) is 1. The zero-order valence-electron chi connectivity index (χ0n) is 14.6. The molecule has 1 aromatic heterocycles. The van der Waals surface area contributed by atoms with Crippen LogP contribution in [-0.4, -0.2) is 36.9 Å². The van der Waals surface area contributed by atoms with Crippen molar-refractivity contribution >= 4 is 5.91 Å². The molecule has 1 amide bonds. The van der Waals surface area contributed by atoms with Crippen molar-refractivity contribution in [2.24, 2.45) is 0 Å². The van der Waals surface area contributed by atoms with E-state index in [0.29, 0.717) is 41.8 Å². The molecule has 0 unspecified atom stereocenters. The van der Waals surface area contributed by atoms with Crippen molar-refractivity contribution in [3.8, 4) is 23.0 Å². The number of nitrogens with zero attached hydrogens (tertiary/aromatic N) is 2. The number of carbonyl (C=O) groups is 1. The average molecular weight is 353 g/mol. The predicted molar refractivity (Wildman–Crippen MR) is 95.3 cm³/mol. The van der Waals surface area contributed by atoms with Crippen LogP contribution >= 0.6 is 0 Å². The average Bonchev–Trinajstić information content (AvgIpc) is 3.17. The number of amides is 1. The zero-order chi connectivity index (χ0) is 18.4. The summed E-state index contributed by atoms with van der Waals surface area (Å²) in [5, 5.41) is 10.9. The minimum atomic E-state index is -0.184. The van der Waals surface area contributed by atoms with Gasteiger partial charge in [0.1, 0.15) is 11.5 Å². The van der Waals surface area contributed by atoms with E-state index in [0.717, 1.165) is 5.56 Å². The summed E-state index contributed by atoms with van der Waals surface area (Å²) in [6.07, 6.45) is 0.437. The second-order valence-corrected chi connectivity index (χ2v) is 5.47. The molecule has 2 aromatic carbocycles. The standard InChI is InChI=1S/C19H19N3O4/c1-24-15-7-3-5-13(11-15)18(23)20-10-9-17-21-22-19(26-17)14-6-4-8-16(12-14)25-2/h3-8,11-12H,9-10H2,1-2H3,(H,20,23). The van der Waals surface area contributed by atoms with Crippen molar-refractivity contribution in [1.29, 1.82) is 0 Å². The van der Waals surface area contributed by atoms with Gasteiger partial charge >= 0.3 is 0 Å². The Balaban J connectivity index is 1.57. The van der Waals surface area contributed by atoms with Gasteiger partial charge in [-0.3, -0.25) is 4.79 Å². The molecule has 0 aliphatic carbocycles. The molecular formula is C19H19N3O4. The van der Waals surface area contributed by atoms with Crippen LogP contribution in [0.2, 0.25) is 0 Å². The Labute approximate surface area is 151 Å². The molecule has 3 rings (SSSR count). The van der Waals surface area contributed by atoms with Crippen molar-refractivity contribution in [1.82, 2.24) is 15.5 Å². The Morgan fingerprint density at radius 2 is 1.77 bits per heavy atom. The molecule has 0 saturated carbocycles. The number of nitrogens with one attached hydrogen (secondary N) is 1. The smallest absolute Gasteiger partial charge is 0.251 e. The quantitative estimate of drug-likeness (QED) is 0.703. The fourth-order valence-electron chi connectivity index (χ4n) is 2.38. The molecule has 0 bridgehead atoms. The summed E-state index contributed by atoms with van der Waals surface area (Å²) in [6.45, 7) is 0.385. The molecule has 1 heterocycles. The van der Waals surface area contributed by atoms with E-state index in [1.165, 1.54) is 0 Å². The minimum Gasteiger partial charge on any atom is -0.497 e. The first-order valence-corrected chi connectivity index (χ1v) is 8.08. The number of hydrogen-bond acceptors (Lipinski definition) is 6. The summed E-state index contributed by atoms with van der Waals surface area (Å²) in [5.74, 6) is 2.04. The van der Waals surface area contributed by atoms with Crippen molar-refractivity contribution in [3.05, 3.63) is 60.0 Å². The lowest BCUT2D eigenvalue weighted by molar-refractivity contribution is 0.0953. The molecule has 7 nitrogen and oxygen atoms in total. The van der Waals surface area contributed by atoms with Crippen molar-refractivity contribution < 1.29 is 18.7 Å². The lowest BCUT2D eigenvalue weighted by Crippen LogP contribution is -2.25. The number of methoxy groups -OCH3 is 2. The maximum Gasteiger partial charge on any atom is 0.251 e. The van der Waals surface area contributed by atoms with Gasteiger partial charge in [-0.25, -0.2) is 0 Å². The third kappa shape index (κ3) is 4.18. The maximum atomic E-state index is 12.2. The van der Waals surface area contributed by atoms with Gasteiger partial charge in [0.15, 0.2) is 0 Å². The fourth-order valence-corrected chi connectivity index (χ4v) is 2.38. The SMILES string of the molecule is COc1cccc(C(=O)NCCc2nnc(-c3cccc(OC)c3)o2)c1. The molecular weight excluding hydrogens is 334 g/mol. The summed E-state index contributed by atoms with van der Waals surface area (Å²) < 4.78 is 15.9. The largest absolute Gasteiger partial charge is 0.497 e. The van der Waals surface area contributed by atoms with E-state index in [1.54, 1.807) is 38.5 Å². The summed E-state index contributed by atoms with van der Waals surface area (Å²) in [4.78, 5) is 12.2. The Kier molecular flexibility index (Phi) is 5.48. The van der Waals surface area contributed by atoms with E-state index < -0.39 is 0 Å². The highest BCUT2D eigenvalue weighted by molar-refractivity contribution is 5.94. The molecule has 3 aromatic rings. The number of carbonyl (C=O) groups excluding carboxylic acids is 1. The lowest BCUT2D eigenvalue weighted by atomic mass is 10.2. The van der Waals surface area contributed by atoms with Crippen LogP contribution in [0, 0.1) is 0 Å². The first kappa shape index (κ1) is 17.5. The number of aromatic nitrogens is 2. The molecule has 26 heavy (non-hydrogen) atoms. The zero-order valence-corrected chi connectivity index (χ0v) is 14.6. The van der Waals surface area contributed by atoms with Gasteiger partial charge < -0.3 is 19.2 Å². The van der Waals surface area contributed by atoms with Crippen LogP contribution in [-0.2, 0) is 6.42 Å². The van der Waals surface area contributed by atoms with E-state index in [1.807, 2.05) is 24.3 Å². The lowest BCUT2D eigenvalue weighted by Gasteiger charge is -2.05. The number of rotatable bonds is 7. The van der Waals surface area contributed by atoms with Crippen LogP contribution in [0.15, 0.2) is 52.9 Å². The Hall–Kier alpha value is -3.35. The molecule has 0 aliphatic heterocycles. The van der Waals surface area contributed by atoms with E-state index >= 15 is 0 Å². The summed E-state index contributed by atoms with van der Waals surface area (Å²) in [6, 6.07) is 14.4. The fraction of sp³-hybridized carbons (Fsp3) is 0.211. The third-order valence-electron chi connectivity index (χ3n) is 3.74. The summed E-state index contributed by atoms with van der Waals surface area (Å²) in [5.41, 5.74) is 1.32. The number of benzene rings is 2. The summed E-state index contributed by atoms with van der Waals surface area (Å²) >= 11 is 0. The van der Waals surface area contributed by atoms with Gasteiger partial charge in [-0.2, -0.15) is 0 Å². The van der Waals surface area contributed by atoms with Crippen LogP contribution < -0.4 is 14.8 Å². The van der Waals surface area contributed by atoms with E-state index in [-0.39, 0.29) is 5.91 Å². The van der Waals surface area contributed by atoms with Crippen molar-refractivity contribution in [2.45, 2.75) is 6.42 Å². The van der Waals surface area contributed by atoms with E-state index in [2.05, 4.69) is 15.5 Å². The highest BCUT2D eigenvalue weighted by Crippen LogP contribution is 2.22. The van der Waals surface area contributed by atoms with Crippen LogP contribution in [0.3, 0.4) is 0 Å². The minimum absolute atomic E-state index is 0.184. The van der Waals surface area contributed by atoms with Gasteiger partial charge in [-0.05, 0) is 36.4 Å². The Morgan fingerprint density at radius 1 is 1.04 bits per heavy atom. The first-order chi connectivity index (χ1) is 12.7. The van der Waals surface area contributed by atoms with Gasteiger partial charge in [-0.15, -0.1) is 10.2 Å². The molecule has 0 aliphatic rings. The van der Waals surface area contributed by atoms with E-state index in [4.69, 9.17) is 13.9 Å². The molecule has 0 spiro atoms. The van der Waals surface area contributed by atoms with Crippen molar-refractivity contribution in [2.75, 3.05) is 20.8 Å². The van der Waals surface area contributed by atoms with Gasteiger partial charge in [0.2, 0.25) is 11.8 Å². The monoisotopic (exact) mass is 353 g/mol. The van der Waals surface area contributed by atoms with Crippen molar-refractivity contribution in [3.63, 3.8) is 0 Å². The molecule has 0 atom stereocenters. The molecule has 134 valence electrons. The van der Waals surface area contributed by atoms with Crippen LogP contribution in [0.25, 0.3) is 11.5 Å². The Bertz CT molecular complexity index is 892. The maximum absolute atomic E-state index is 12.2. The summed E-state index contributed by atoms with van der Waals surface area (Å²) in [7, 11) is 3.16. The molecule has 0 radical (unpaired) electrons. The van der Waals surface area contributed by atoms with E-state index in [9.17, 15) is 4.79 Å². The molecule has 7 heteroatoms. The number of ether oxygens (including phenoxy) is 2. The predicted octanol–water partition coefficient (Wildman–Crippen LogP) is 2.73. The topological polar surface area (TPSA) is 86.5 Å². The highest BCUT2D eigenvalue weighted by atomic mass is 16.5. The van der Waals surface area contributed by atoms with Gasteiger partial charge in [0, 0.05) is 24.1 Å². The first-order valence-electron chi connectivity index (χ1n) is 8.08. The molecule has 1 N–H and O–H groups in total. The van der Waals surface area contributed by atoms with Crippen LogP contribution in [0.1, 0.15) is 16.2 Å². The molecule has 0 saturated heterocycles.